The number of benzene rings is 2. The maximum atomic E-state index is 9.72. The molecule has 1 fully saturated rings. The number of anilines is 1. The number of hydrogen-bond acceptors (Lipinski definition) is 5. The predicted octanol–water partition coefficient (Wildman–Crippen LogP) is 4.92. The van der Waals surface area contributed by atoms with Gasteiger partial charge in [-0.15, -0.1) is 0 Å². The normalized spacial score (nSPS) is 22.4. The van der Waals surface area contributed by atoms with Crippen LogP contribution in [0.2, 0.25) is 5.02 Å². The number of rotatable bonds is 4. The number of phenolic OH excluding ortho intramolecular Hbond substituents is 1. The van der Waals surface area contributed by atoms with E-state index in [1.54, 1.807) is 12.1 Å². The van der Waals surface area contributed by atoms with Crippen molar-refractivity contribution in [3.05, 3.63) is 59.1 Å². The third kappa shape index (κ3) is 4.25. The number of thiocarbonyl (C=S) groups is 1. The highest BCUT2D eigenvalue weighted by molar-refractivity contribution is 7.82. The van der Waals surface area contributed by atoms with Gasteiger partial charge in [0.25, 0.3) is 0 Å². The number of hydrazine groups is 1. The number of hydrogen-bond donors (Lipinski definition) is 2. The smallest absolute Gasteiger partial charge is 0.137 e. The van der Waals surface area contributed by atoms with Crippen LogP contribution in [0.5, 0.6) is 5.75 Å². The highest BCUT2D eigenvalue weighted by atomic mass is 35.5. The van der Waals surface area contributed by atoms with Crippen LogP contribution >= 0.6 is 23.8 Å². The zero-order chi connectivity index (χ0) is 20.4. The minimum absolute atomic E-state index is 0.0561. The highest BCUT2D eigenvalue weighted by Crippen LogP contribution is 2.42. The second-order valence-corrected chi connectivity index (χ2v) is 8.41. The van der Waals surface area contributed by atoms with Crippen LogP contribution in [0.4, 0.5) is 5.69 Å². The molecule has 2 aliphatic heterocycles. The first-order valence-corrected chi connectivity index (χ1v) is 10.8. The summed E-state index contributed by atoms with van der Waals surface area (Å²) in [6.45, 7) is 4.13. The van der Waals surface area contributed by atoms with Gasteiger partial charge in [-0.2, -0.15) is 5.10 Å². The van der Waals surface area contributed by atoms with E-state index in [4.69, 9.17) is 28.9 Å². The summed E-state index contributed by atoms with van der Waals surface area (Å²) in [7, 11) is 0. The Kier molecular flexibility index (Phi) is 6.04. The molecule has 7 heteroatoms. The minimum Gasteiger partial charge on any atom is -0.508 e. The number of piperidine rings is 1. The van der Waals surface area contributed by atoms with Crippen LogP contribution in [0.25, 0.3) is 0 Å². The summed E-state index contributed by atoms with van der Waals surface area (Å²) in [4.78, 5) is 0.665. The fourth-order valence-electron chi connectivity index (χ4n) is 4.03. The van der Waals surface area contributed by atoms with Crippen LogP contribution in [0, 0.1) is 5.92 Å². The molecule has 2 heterocycles. The Morgan fingerprint density at radius 1 is 1.10 bits per heavy atom. The van der Waals surface area contributed by atoms with Crippen LogP contribution in [-0.4, -0.2) is 33.9 Å². The number of halogens is 1. The van der Waals surface area contributed by atoms with Crippen molar-refractivity contribution < 1.29 is 5.11 Å². The van der Waals surface area contributed by atoms with Crippen molar-refractivity contribution in [1.29, 1.82) is 0 Å². The third-order valence-electron chi connectivity index (χ3n) is 5.57. The minimum atomic E-state index is -0.0633. The van der Waals surface area contributed by atoms with E-state index in [-0.39, 0.29) is 17.7 Å². The van der Waals surface area contributed by atoms with E-state index in [0.29, 0.717) is 10.0 Å². The maximum Gasteiger partial charge on any atom is 0.137 e. The Bertz CT molecular complexity index is 911. The van der Waals surface area contributed by atoms with Crippen LogP contribution < -0.4 is 10.4 Å². The molecule has 2 aliphatic rings. The van der Waals surface area contributed by atoms with E-state index in [9.17, 15) is 5.11 Å². The Labute approximate surface area is 181 Å². The lowest BCUT2D eigenvalue weighted by molar-refractivity contribution is 0.197. The molecule has 5 nitrogen and oxygen atoms in total. The van der Waals surface area contributed by atoms with E-state index in [1.807, 2.05) is 41.4 Å². The third-order valence-corrected chi connectivity index (χ3v) is 6.19. The molecule has 0 saturated carbocycles. The van der Waals surface area contributed by atoms with Gasteiger partial charge in [0.15, 0.2) is 0 Å². The largest absolute Gasteiger partial charge is 0.508 e. The molecule has 0 aromatic heterocycles. The number of nitrogens with one attached hydrogen (secondary N) is 1. The standard InChI is InChI=1S/C22H25ClN4OS/c1-15-20(22(29)25-26-13-5-2-6-14-26)24-27(19-8-4-3-7-18(19)23)21(15)16-9-11-17(28)12-10-16/h3-4,7-12,15,21,28H,2,5-6,13-14H2,1H3,(H,25,29). The number of phenols is 1. The van der Waals surface area contributed by atoms with E-state index < -0.39 is 0 Å². The molecule has 1 saturated heterocycles. The van der Waals surface area contributed by atoms with Gasteiger partial charge >= 0.3 is 0 Å². The second kappa shape index (κ2) is 8.69. The maximum absolute atomic E-state index is 9.72. The Hall–Kier alpha value is -2.15. The van der Waals surface area contributed by atoms with Crippen molar-refractivity contribution >= 4 is 40.2 Å². The molecule has 0 aliphatic carbocycles. The van der Waals surface area contributed by atoms with Crippen LogP contribution in [0.15, 0.2) is 53.6 Å². The zero-order valence-electron chi connectivity index (χ0n) is 16.4. The molecule has 0 radical (unpaired) electrons. The van der Waals surface area contributed by atoms with E-state index in [2.05, 4.69) is 17.4 Å². The van der Waals surface area contributed by atoms with Gasteiger partial charge < -0.3 is 10.5 Å². The molecule has 2 aromatic carbocycles. The van der Waals surface area contributed by atoms with Crippen molar-refractivity contribution in [2.75, 3.05) is 18.1 Å². The lowest BCUT2D eigenvalue weighted by atomic mass is 9.91. The van der Waals surface area contributed by atoms with Gasteiger partial charge in [0.2, 0.25) is 0 Å². The molecule has 4 rings (SSSR count). The van der Waals surface area contributed by atoms with Crippen LogP contribution in [0.1, 0.15) is 37.8 Å². The van der Waals surface area contributed by atoms with E-state index in [1.165, 1.54) is 19.3 Å². The van der Waals surface area contributed by atoms with Crippen molar-refractivity contribution in [2.45, 2.75) is 32.2 Å². The molecule has 2 aromatic rings. The number of para-hydroxylation sites is 1. The van der Waals surface area contributed by atoms with Gasteiger partial charge in [-0.1, -0.05) is 61.4 Å². The van der Waals surface area contributed by atoms with Gasteiger partial charge in [-0.3, -0.25) is 5.01 Å². The summed E-state index contributed by atoms with van der Waals surface area (Å²) in [5.41, 5.74) is 6.14. The quantitative estimate of drug-likeness (QED) is 0.677. The molecule has 0 amide bonds. The summed E-state index contributed by atoms with van der Waals surface area (Å²) < 4.78 is 0. The predicted molar refractivity (Wildman–Crippen MR) is 123 cm³/mol. The Morgan fingerprint density at radius 2 is 1.79 bits per heavy atom. The van der Waals surface area contributed by atoms with E-state index in [0.717, 1.165) is 30.1 Å². The van der Waals surface area contributed by atoms with Crippen LogP contribution in [0.3, 0.4) is 0 Å². The average molecular weight is 429 g/mol. The van der Waals surface area contributed by atoms with Crippen molar-refractivity contribution in [3.8, 4) is 5.75 Å². The summed E-state index contributed by atoms with van der Waals surface area (Å²) in [6, 6.07) is 14.9. The van der Waals surface area contributed by atoms with Crippen LogP contribution in [-0.2, 0) is 0 Å². The van der Waals surface area contributed by atoms with Crippen molar-refractivity contribution in [1.82, 2.24) is 10.4 Å². The number of hydrazone groups is 1. The summed E-state index contributed by atoms with van der Waals surface area (Å²) in [6.07, 6.45) is 3.63. The van der Waals surface area contributed by atoms with Gasteiger partial charge in [0, 0.05) is 19.0 Å². The fourth-order valence-corrected chi connectivity index (χ4v) is 4.61. The van der Waals surface area contributed by atoms with Gasteiger partial charge in [-0.25, -0.2) is 5.01 Å². The molecule has 152 valence electrons. The molecule has 0 bridgehead atoms. The van der Waals surface area contributed by atoms with Gasteiger partial charge in [0.05, 0.1) is 16.8 Å². The van der Waals surface area contributed by atoms with Crippen molar-refractivity contribution in [2.24, 2.45) is 11.0 Å². The highest BCUT2D eigenvalue weighted by Gasteiger charge is 2.39. The monoisotopic (exact) mass is 428 g/mol. The Balaban J connectivity index is 1.66. The molecular formula is C22H25ClN4OS. The summed E-state index contributed by atoms with van der Waals surface area (Å²) >= 11 is 12.3. The molecule has 2 N–H and O–H groups in total. The summed E-state index contributed by atoms with van der Waals surface area (Å²) in [5, 5.41) is 19.4. The van der Waals surface area contributed by atoms with Gasteiger partial charge in [0.1, 0.15) is 16.4 Å². The van der Waals surface area contributed by atoms with Crippen molar-refractivity contribution in [3.63, 3.8) is 0 Å². The Morgan fingerprint density at radius 3 is 2.48 bits per heavy atom. The number of nitrogens with zero attached hydrogens (tertiary/aromatic N) is 3. The fraction of sp³-hybridized carbons (Fsp3) is 0.364. The first-order chi connectivity index (χ1) is 14.0. The lowest BCUT2D eigenvalue weighted by Gasteiger charge is -2.29. The number of aromatic hydroxyl groups is 1. The SMILES string of the molecule is CC1C(C(=S)NN2CCCCC2)=NN(c2ccccc2Cl)C1c1ccc(O)cc1. The zero-order valence-corrected chi connectivity index (χ0v) is 18.0. The topological polar surface area (TPSA) is 51.1 Å². The second-order valence-electron chi connectivity index (χ2n) is 7.59. The first-order valence-electron chi connectivity index (χ1n) is 10.0. The van der Waals surface area contributed by atoms with Gasteiger partial charge in [-0.05, 0) is 42.7 Å². The summed E-state index contributed by atoms with van der Waals surface area (Å²) in [5.74, 6) is 0.299. The molecular weight excluding hydrogens is 404 g/mol. The van der Waals surface area contributed by atoms with E-state index >= 15 is 0 Å². The molecule has 29 heavy (non-hydrogen) atoms. The average Bonchev–Trinajstić information content (AvgIpc) is 3.07. The lowest BCUT2D eigenvalue weighted by Crippen LogP contribution is -2.47. The molecule has 2 atom stereocenters. The molecule has 0 spiro atoms. The molecule has 2 unspecified atom stereocenters. The first kappa shape index (κ1) is 20.1.